The molecule has 1 atom stereocenters. The molecule has 0 saturated carbocycles. The highest BCUT2D eigenvalue weighted by Crippen LogP contribution is 2.28. The van der Waals surface area contributed by atoms with Gasteiger partial charge >= 0.3 is 0 Å². The molecule has 0 radical (unpaired) electrons. The monoisotopic (exact) mass is 336 g/mol. The number of nitrogens with zero attached hydrogens (tertiary/aromatic N) is 1. The average Bonchev–Trinajstić information content (AvgIpc) is 2.87. The smallest absolute Gasteiger partial charge is 0.263 e. The molecule has 1 aromatic carbocycles. The normalized spacial score (nSPS) is 13.9. The van der Waals surface area contributed by atoms with Gasteiger partial charge in [0.25, 0.3) is 5.91 Å². The van der Waals surface area contributed by atoms with Crippen LogP contribution in [-0.2, 0) is 0 Å². The largest absolute Gasteiger partial charge is 0.388 e. The number of rotatable bonds is 5. The van der Waals surface area contributed by atoms with Crippen LogP contribution in [0, 0.1) is 18.7 Å². The van der Waals surface area contributed by atoms with E-state index in [0.717, 1.165) is 5.56 Å². The SMILES string of the molecule is Cc1nc(-c2ccc(F)cc2)sc1C(=O)NCC(C)(O)C(C)C. The Morgan fingerprint density at radius 3 is 2.57 bits per heavy atom. The molecule has 2 N–H and O–H groups in total. The van der Waals surface area contributed by atoms with E-state index in [2.05, 4.69) is 10.3 Å². The summed E-state index contributed by atoms with van der Waals surface area (Å²) in [4.78, 5) is 17.2. The molecule has 2 aromatic rings. The van der Waals surface area contributed by atoms with Gasteiger partial charge in [0.2, 0.25) is 0 Å². The molecule has 0 aliphatic carbocycles. The summed E-state index contributed by atoms with van der Waals surface area (Å²) >= 11 is 1.26. The molecule has 1 amide bonds. The lowest BCUT2D eigenvalue weighted by Crippen LogP contribution is -2.44. The summed E-state index contributed by atoms with van der Waals surface area (Å²) in [5, 5.41) is 13.6. The van der Waals surface area contributed by atoms with Crippen LogP contribution in [0.3, 0.4) is 0 Å². The number of benzene rings is 1. The zero-order valence-corrected chi connectivity index (χ0v) is 14.5. The number of hydrogen-bond acceptors (Lipinski definition) is 4. The second-order valence-electron chi connectivity index (χ2n) is 6.13. The maximum absolute atomic E-state index is 13.0. The molecule has 2 rings (SSSR count). The van der Waals surface area contributed by atoms with Gasteiger partial charge in [-0.2, -0.15) is 0 Å². The number of thiazole rings is 1. The van der Waals surface area contributed by atoms with Gasteiger partial charge in [0.05, 0.1) is 11.3 Å². The number of amides is 1. The molecule has 0 fully saturated rings. The summed E-state index contributed by atoms with van der Waals surface area (Å²) in [6.07, 6.45) is 0. The molecule has 23 heavy (non-hydrogen) atoms. The van der Waals surface area contributed by atoms with E-state index in [1.807, 2.05) is 13.8 Å². The summed E-state index contributed by atoms with van der Waals surface area (Å²) < 4.78 is 13.0. The average molecular weight is 336 g/mol. The molecule has 4 nitrogen and oxygen atoms in total. The predicted octanol–water partition coefficient (Wildman–Crippen LogP) is 3.39. The highest BCUT2D eigenvalue weighted by atomic mass is 32.1. The van der Waals surface area contributed by atoms with Crippen LogP contribution >= 0.6 is 11.3 Å². The third-order valence-electron chi connectivity index (χ3n) is 3.94. The zero-order valence-electron chi connectivity index (χ0n) is 13.7. The van der Waals surface area contributed by atoms with Crippen LogP contribution in [0.2, 0.25) is 0 Å². The number of halogens is 1. The molecule has 0 bridgehead atoms. The van der Waals surface area contributed by atoms with E-state index in [4.69, 9.17) is 0 Å². The van der Waals surface area contributed by atoms with Crippen LogP contribution in [0.1, 0.15) is 36.1 Å². The van der Waals surface area contributed by atoms with Crippen molar-refractivity contribution in [3.05, 3.63) is 40.7 Å². The van der Waals surface area contributed by atoms with Gasteiger partial charge < -0.3 is 10.4 Å². The van der Waals surface area contributed by atoms with Gasteiger partial charge in [-0.25, -0.2) is 9.37 Å². The van der Waals surface area contributed by atoms with Crippen molar-refractivity contribution in [3.8, 4) is 10.6 Å². The Labute approximate surface area is 139 Å². The number of carbonyl (C=O) groups is 1. The van der Waals surface area contributed by atoms with Crippen molar-refractivity contribution >= 4 is 17.2 Å². The number of aliphatic hydroxyl groups is 1. The second-order valence-corrected chi connectivity index (χ2v) is 7.13. The van der Waals surface area contributed by atoms with Crippen molar-refractivity contribution < 1.29 is 14.3 Å². The molecule has 0 aliphatic rings. The van der Waals surface area contributed by atoms with Crippen molar-refractivity contribution in [2.24, 2.45) is 5.92 Å². The molecule has 0 aliphatic heterocycles. The topological polar surface area (TPSA) is 62.2 Å². The summed E-state index contributed by atoms with van der Waals surface area (Å²) in [5.74, 6) is -0.537. The van der Waals surface area contributed by atoms with Gasteiger partial charge in [0.15, 0.2) is 0 Å². The quantitative estimate of drug-likeness (QED) is 0.880. The van der Waals surface area contributed by atoms with Crippen LogP contribution in [0.25, 0.3) is 10.6 Å². The number of nitrogens with one attached hydrogen (secondary N) is 1. The van der Waals surface area contributed by atoms with Crippen LogP contribution < -0.4 is 5.32 Å². The Kier molecular flexibility index (Phi) is 5.16. The van der Waals surface area contributed by atoms with Crippen LogP contribution in [-0.4, -0.2) is 28.1 Å². The Morgan fingerprint density at radius 2 is 2.00 bits per heavy atom. The minimum Gasteiger partial charge on any atom is -0.388 e. The van der Waals surface area contributed by atoms with E-state index >= 15 is 0 Å². The fraction of sp³-hybridized carbons (Fsp3) is 0.412. The Morgan fingerprint density at radius 1 is 1.39 bits per heavy atom. The Balaban J connectivity index is 2.14. The van der Waals surface area contributed by atoms with E-state index in [0.29, 0.717) is 15.6 Å². The first-order valence-electron chi connectivity index (χ1n) is 7.44. The van der Waals surface area contributed by atoms with E-state index in [-0.39, 0.29) is 24.2 Å². The molecule has 1 aromatic heterocycles. The van der Waals surface area contributed by atoms with Gasteiger partial charge in [0.1, 0.15) is 15.7 Å². The highest BCUT2D eigenvalue weighted by molar-refractivity contribution is 7.17. The molecule has 1 unspecified atom stereocenters. The van der Waals surface area contributed by atoms with E-state index < -0.39 is 5.60 Å². The van der Waals surface area contributed by atoms with Gasteiger partial charge in [-0.05, 0) is 44.0 Å². The maximum atomic E-state index is 13.0. The summed E-state index contributed by atoms with van der Waals surface area (Å²) in [6.45, 7) is 7.43. The Bertz CT molecular complexity index is 693. The first-order valence-corrected chi connectivity index (χ1v) is 8.26. The van der Waals surface area contributed by atoms with Crippen molar-refractivity contribution in [1.29, 1.82) is 0 Å². The number of carbonyl (C=O) groups excluding carboxylic acids is 1. The maximum Gasteiger partial charge on any atom is 0.263 e. The number of aryl methyl sites for hydroxylation is 1. The van der Waals surface area contributed by atoms with E-state index in [1.165, 1.54) is 23.5 Å². The fourth-order valence-corrected chi connectivity index (χ4v) is 2.85. The fourth-order valence-electron chi connectivity index (χ4n) is 1.87. The van der Waals surface area contributed by atoms with Crippen molar-refractivity contribution in [1.82, 2.24) is 10.3 Å². The molecule has 124 valence electrons. The predicted molar refractivity (Wildman–Crippen MR) is 90.0 cm³/mol. The Hall–Kier alpha value is -1.79. The third-order valence-corrected chi connectivity index (χ3v) is 5.15. The van der Waals surface area contributed by atoms with Gasteiger partial charge in [-0.3, -0.25) is 4.79 Å². The standard InChI is InChI=1S/C17H21FN2O2S/c1-10(2)17(4,22)9-19-15(21)14-11(3)20-16(23-14)12-5-7-13(18)8-6-12/h5-8,10,22H,9H2,1-4H3,(H,19,21). The van der Waals surface area contributed by atoms with Gasteiger partial charge in [0, 0.05) is 12.1 Å². The lowest BCUT2D eigenvalue weighted by molar-refractivity contribution is 0.0142. The number of hydrogen-bond donors (Lipinski definition) is 2. The zero-order chi connectivity index (χ0) is 17.2. The first-order chi connectivity index (χ1) is 10.7. The lowest BCUT2D eigenvalue weighted by atomic mass is 9.92. The minimum atomic E-state index is -0.964. The first kappa shape index (κ1) is 17.6. The van der Waals surface area contributed by atoms with Gasteiger partial charge in [-0.15, -0.1) is 11.3 Å². The van der Waals surface area contributed by atoms with E-state index in [9.17, 15) is 14.3 Å². The molecule has 6 heteroatoms. The summed E-state index contributed by atoms with van der Waals surface area (Å²) in [7, 11) is 0. The minimum absolute atomic E-state index is 0.0279. The lowest BCUT2D eigenvalue weighted by Gasteiger charge is -2.27. The molecular weight excluding hydrogens is 315 g/mol. The molecule has 0 spiro atoms. The molecule has 1 heterocycles. The second kappa shape index (κ2) is 6.76. The molecular formula is C17H21FN2O2S. The van der Waals surface area contributed by atoms with E-state index in [1.54, 1.807) is 26.0 Å². The number of aromatic nitrogens is 1. The van der Waals surface area contributed by atoms with Crippen molar-refractivity contribution in [3.63, 3.8) is 0 Å². The highest BCUT2D eigenvalue weighted by Gasteiger charge is 2.26. The van der Waals surface area contributed by atoms with Gasteiger partial charge in [-0.1, -0.05) is 13.8 Å². The molecule has 0 saturated heterocycles. The van der Waals surface area contributed by atoms with Crippen molar-refractivity contribution in [2.75, 3.05) is 6.54 Å². The third kappa shape index (κ3) is 4.14. The van der Waals surface area contributed by atoms with Crippen LogP contribution in [0.5, 0.6) is 0 Å². The van der Waals surface area contributed by atoms with Crippen molar-refractivity contribution in [2.45, 2.75) is 33.3 Å². The van der Waals surface area contributed by atoms with Crippen LogP contribution in [0.15, 0.2) is 24.3 Å². The summed E-state index contributed by atoms with van der Waals surface area (Å²) in [5.41, 5.74) is 0.428. The summed E-state index contributed by atoms with van der Waals surface area (Å²) in [6, 6.07) is 6.01. The van der Waals surface area contributed by atoms with Crippen LogP contribution in [0.4, 0.5) is 4.39 Å².